The lowest BCUT2D eigenvalue weighted by Gasteiger charge is -2.32. The Morgan fingerprint density at radius 3 is 2.59 bits per heavy atom. The van der Waals surface area contributed by atoms with Crippen LogP contribution in [-0.4, -0.2) is 36.4 Å². The molecule has 0 radical (unpaired) electrons. The van der Waals surface area contributed by atoms with Crippen molar-refractivity contribution in [2.24, 2.45) is 11.3 Å². The molecule has 3 atom stereocenters. The van der Waals surface area contributed by atoms with E-state index in [1.54, 1.807) is 0 Å². The standard InChI is InChI=1S/C13H25NO3/c1-9-10(6-8-17-9)12(16)14-11(5-7-15)13(2,3)4/h9-11,15H,5-8H2,1-4H3,(H,14,16). The summed E-state index contributed by atoms with van der Waals surface area (Å²) in [5.74, 6) is 0.0157. The fraction of sp³-hybridized carbons (Fsp3) is 0.923. The summed E-state index contributed by atoms with van der Waals surface area (Å²) in [6, 6.07) is 0.00722. The molecule has 1 aliphatic heterocycles. The van der Waals surface area contributed by atoms with Crippen molar-refractivity contribution in [2.75, 3.05) is 13.2 Å². The van der Waals surface area contributed by atoms with Crippen LogP contribution in [0.5, 0.6) is 0 Å². The van der Waals surface area contributed by atoms with Crippen LogP contribution in [-0.2, 0) is 9.53 Å². The highest BCUT2D eigenvalue weighted by molar-refractivity contribution is 5.79. The molecule has 4 heteroatoms. The molecule has 0 saturated carbocycles. The molecule has 0 aromatic rings. The Balaban J connectivity index is 2.57. The van der Waals surface area contributed by atoms with Gasteiger partial charge in [-0.05, 0) is 25.2 Å². The van der Waals surface area contributed by atoms with Crippen molar-refractivity contribution in [1.29, 1.82) is 0 Å². The molecule has 3 unspecified atom stereocenters. The molecule has 0 aromatic heterocycles. The van der Waals surface area contributed by atoms with Crippen LogP contribution in [0.3, 0.4) is 0 Å². The van der Waals surface area contributed by atoms with Crippen molar-refractivity contribution in [1.82, 2.24) is 5.32 Å². The molecule has 2 N–H and O–H groups in total. The van der Waals surface area contributed by atoms with Crippen LogP contribution >= 0.6 is 0 Å². The topological polar surface area (TPSA) is 58.6 Å². The highest BCUT2D eigenvalue weighted by Gasteiger charge is 2.34. The van der Waals surface area contributed by atoms with Crippen LogP contribution in [0.2, 0.25) is 0 Å². The second-order valence-electron chi connectivity index (χ2n) is 5.91. The van der Waals surface area contributed by atoms with Gasteiger partial charge >= 0.3 is 0 Å². The first kappa shape index (κ1) is 14.5. The lowest BCUT2D eigenvalue weighted by molar-refractivity contribution is -0.128. The van der Waals surface area contributed by atoms with E-state index < -0.39 is 0 Å². The number of ether oxygens (including phenoxy) is 1. The average molecular weight is 243 g/mol. The zero-order valence-corrected chi connectivity index (χ0v) is 11.3. The molecule has 100 valence electrons. The maximum Gasteiger partial charge on any atom is 0.226 e. The second-order valence-corrected chi connectivity index (χ2v) is 5.91. The number of hydrogen-bond donors (Lipinski definition) is 2. The predicted molar refractivity (Wildman–Crippen MR) is 66.6 cm³/mol. The van der Waals surface area contributed by atoms with Crippen molar-refractivity contribution >= 4 is 5.91 Å². The number of aliphatic hydroxyl groups is 1. The Kier molecular flexibility index (Phi) is 4.95. The molecule has 1 amide bonds. The summed E-state index contributed by atoms with van der Waals surface area (Å²) in [5, 5.41) is 12.1. The maximum absolute atomic E-state index is 12.1. The van der Waals surface area contributed by atoms with Gasteiger partial charge in [0, 0.05) is 19.3 Å². The van der Waals surface area contributed by atoms with Crippen molar-refractivity contribution < 1.29 is 14.6 Å². The van der Waals surface area contributed by atoms with E-state index in [-0.39, 0.29) is 36.0 Å². The summed E-state index contributed by atoms with van der Waals surface area (Å²) in [7, 11) is 0. The highest BCUT2D eigenvalue weighted by Crippen LogP contribution is 2.25. The van der Waals surface area contributed by atoms with Gasteiger partial charge in [-0.3, -0.25) is 4.79 Å². The first-order valence-electron chi connectivity index (χ1n) is 6.39. The third-order valence-corrected chi connectivity index (χ3v) is 3.49. The predicted octanol–water partition coefficient (Wildman–Crippen LogP) is 1.32. The lowest BCUT2D eigenvalue weighted by Crippen LogP contribution is -2.47. The van der Waals surface area contributed by atoms with Crippen LogP contribution in [0.1, 0.15) is 40.5 Å². The fourth-order valence-corrected chi connectivity index (χ4v) is 2.21. The molecule has 1 heterocycles. The Bertz CT molecular complexity index is 260. The molecular weight excluding hydrogens is 218 g/mol. The van der Waals surface area contributed by atoms with E-state index in [2.05, 4.69) is 26.1 Å². The Morgan fingerprint density at radius 2 is 2.18 bits per heavy atom. The molecule has 1 aliphatic rings. The zero-order chi connectivity index (χ0) is 13.1. The number of nitrogens with one attached hydrogen (secondary N) is 1. The van der Waals surface area contributed by atoms with E-state index in [0.717, 1.165) is 6.42 Å². The van der Waals surface area contributed by atoms with Crippen molar-refractivity contribution in [3.63, 3.8) is 0 Å². The van der Waals surface area contributed by atoms with Gasteiger partial charge in [0.05, 0.1) is 12.0 Å². The first-order chi connectivity index (χ1) is 7.86. The van der Waals surface area contributed by atoms with E-state index in [9.17, 15) is 4.79 Å². The number of hydrogen-bond acceptors (Lipinski definition) is 3. The Morgan fingerprint density at radius 1 is 1.53 bits per heavy atom. The normalized spacial score (nSPS) is 26.9. The van der Waals surface area contributed by atoms with Gasteiger partial charge in [-0.2, -0.15) is 0 Å². The largest absolute Gasteiger partial charge is 0.396 e. The Hall–Kier alpha value is -0.610. The van der Waals surface area contributed by atoms with E-state index in [0.29, 0.717) is 13.0 Å². The van der Waals surface area contributed by atoms with Gasteiger partial charge in [0.1, 0.15) is 0 Å². The SMILES string of the molecule is CC1OCCC1C(=O)NC(CCO)C(C)(C)C. The molecule has 0 aliphatic carbocycles. The van der Waals surface area contributed by atoms with Crippen LogP contribution in [0.4, 0.5) is 0 Å². The van der Waals surface area contributed by atoms with Gasteiger partial charge in [0.15, 0.2) is 0 Å². The molecule has 4 nitrogen and oxygen atoms in total. The van der Waals surface area contributed by atoms with Gasteiger partial charge in [-0.15, -0.1) is 0 Å². The number of rotatable bonds is 4. The molecule has 0 spiro atoms. The smallest absolute Gasteiger partial charge is 0.226 e. The molecular formula is C13H25NO3. The third-order valence-electron chi connectivity index (χ3n) is 3.49. The van der Waals surface area contributed by atoms with E-state index in [1.807, 2.05) is 6.92 Å². The summed E-state index contributed by atoms with van der Waals surface area (Å²) in [6.07, 6.45) is 1.39. The van der Waals surface area contributed by atoms with E-state index >= 15 is 0 Å². The summed E-state index contributed by atoms with van der Waals surface area (Å²) < 4.78 is 5.40. The summed E-state index contributed by atoms with van der Waals surface area (Å²) in [6.45, 7) is 8.92. The van der Waals surface area contributed by atoms with Gasteiger partial charge in [0.2, 0.25) is 5.91 Å². The lowest BCUT2D eigenvalue weighted by atomic mass is 9.84. The molecule has 0 bridgehead atoms. The number of carbonyl (C=O) groups is 1. The average Bonchev–Trinajstić information content (AvgIpc) is 2.62. The van der Waals surface area contributed by atoms with Crippen molar-refractivity contribution in [2.45, 2.75) is 52.7 Å². The van der Waals surface area contributed by atoms with Crippen LogP contribution < -0.4 is 5.32 Å². The molecule has 0 aromatic carbocycles. The van der Waals surface area contributed by atoms with Crippen LogP contribution in [0, 0.1) is 11.3 Å². The fourth-order valence-electron chi connectivity index (χ4n) is 2.21. The van der Waals surface area contributed by atoms with Gasteiger partial charge in [-0.25, -0.2) is 0 Å². The molecule has 1 saturated heterocycles. The van der Waals surface area contributed by atoms with E-state index in [1.165, 1.54) is 0 Å². The van der Waals surface area contributed by atoms with E-state index in [4.69, 9.17) is 9.84 Å². The van der Waals surface area contributed by atoms with Gasteiger partial charge in [0.25, 0.3) is 0 Å². The molecule has 1 fully saturated rings. The van der Waals surface area contributed by atoms with Crippen molar-refractivity contribution in [3.05, 3.63) is 0 Å². The summed E-state index contributed by atoms with van der Waals surface area (Å²) in [4.78, 5) is 12.1. The second kappa shape index (κ2) is 5.83. The molecule has 1 rings (SSSR count). The summed E-state index contributed by atoms with van der Waals surface area (Å²) >= 11 is 0. The van der Waals surface area contributed by atoms with Crippen LogP contribution in [0.15, 0.2) is 0 Å². The zero-order valence-electron chi connectivity index (χ0n) is 11.3. The number of aliphatic hydroxyl groups excluding tert-OH is 1. The maximum atomic E-state index is 12.1. The minimum absolute atomic E-state index is 0.00439. The molecule has 17 heavy (non-hydrogen) atoms. The first-order valence-corrected chi connectivity index (χ1v) is 6.39. The van der Waals surface area contributed by atoms with Gasteiger partial charge < -0.3 is 15.2 Å². The minimum Gasteiger partial charge on any atom is -0.396 e. The van der Waals surface area contributed by atoms with Crippen LogP contribution in [0.25, 0.3) is 0 Å². The highest BCUT2D eigenvalue weighted by atomic mass is 16.5. The van der Waals surface area contributed by atoms with Crippen molar-refractivity contribution in [3.8, 4) is 0 Å². The summed E-state index contributed by atoms with van der Waals surface area (Å²) in [5.41, 5.74) is -0.0406. The number of carbonyl (C=O) groups excluding carboxylic acids is 1. The third kappa shape index (κ3) is 3.96. The minimum atomic E-state index is -0.0430. The monoisotopic (exact) mass is 243 g/mol. The quantitative estimate of drug-likeness (QED) is 0.783. The number of amides is 1. The Labute approximate surface area is 104 Å². The van der Waals surface area contributed by atoms with Gasteiger partial charge in [-0.1, -0.05) is 20.8 Å².